The van der Waals surface area contributed by atoms with Gasteiger partial charge in [-0.25, -0.2) is 0 Å². The number of thiophene rings is 1. The van der Waals surface area contributed by atoms with Crippen LogP contribution in [0.3, 0.4) is 0 Å². The molecule has 0 radical (unpaired) electrons. The van der Waals surface area contributed by atoms with Crippen LogP contribution in [0.15, 0.2) is 29.6 Å². The molecule has 19 heavy (non-hydrogen) atoms. The molecule has 3 N–H and O–H groups in total. The van der Waals surface area contributed by atoms with Crippen molar-refractivity contribution in [2.45, 2.75) is 39.7 Å². The number of nitrogens with one attached hydrogen (secondary N) is 1. The van der Waals surface area contributed by atoms with E-state index in [2.05, 4.69) is 55.8 Å². The summed E-state index contributed by atoms with van der Waals surface area (Å²) in [5.74, 6) is 5.77. The monoisotopic (exact) mass is 274 g/mol. The number of aryl methyl sites for hydroxylation is 4. The number of nitrogens with two attached hydrogens (primary N) is 1. The highest BCUT2D eigenvalue weighted by atomic mass is 32.1. The lowest BCUT2D eigenvalue weighted by atomic mass is 9.92. The van der Waals surface area contributed by atoms with Crippen LogP contribution < -0.4 is 11.3 Å². The summed E-state index contributed by atoms with van der Waals surface area (Å²) < 4.78 is 0. The van der Waals surface area contributed by atoms with Gasteiger partial charge in [-0.2, -0.15) is 0 Å². The van der Waals surface area contributed by atoms with E-state index in [-0.39, 0.29) is 6.04 Å². The van der Waals surface area contributed by atoms with Crippen molar-refractivity contribution in [2.24, 2.45) is 5.84 Å². The molecule has 0 aliphatic heterocycles. The zero-order valence-corrected chi connectivity index (χ0v) is 12.7. The van der Waals surface area contributed by atoms with Crippen LogP contribution in [0.2, 0.25) is 0 Å². The number of rotatable bonds is 5. The lowest BCUT2D eigenvalue weighted by Gasteiger charge is -2.21. The van der Waals surface area contributed by atoms with Gasteiger partial charge < -0.3 is 0 Å². The van der Waals surface area contributed by atoms with Gasteiger partial charge in [-0.3, -0.25) is 11.3 Å². The minimum Gasteiger partial charge on any atom is -0.271 e. The summed E-state index contributed by atoms with van der Waals surface area (Å²) in [6, 6.07) is 8.98. The van der Waals surface area contributed by atoms with E-state index in [1.54, 1.807) is 0 Å². The third-order valence-corrected chi connectivity index (χ3v) is 4.48. The van der Waals surface area contributed by atoms with Crippen molar-refractivity contribution in [1.82, 2.24) is 5.43 Å². The van der Waals surface area contributed by atoms with Crippen molar-refractivity contribution in [3.8, 4) is 0 Å². The van der Waals surface area contributed by atoms with Gasteiger partial charge in [0, 0.05) is 10.9 Å². The molecule has 1 heterocycles. The van der Waals surface area contributed by atoms with Gasteiger partial charge in [-0.05, 0) is 61.7 Å². The zero-order chi connectivity index (χ0) is 13.8. The Bertz CT molecular complexity index is 509. The summed E-state index contributed by atoms with van der Waals surface area (Å²) in [5.41, 5.74) is 8.30. The second-order valence-corrected chi connectivity index (χ2v) is 6.18. The number of hydrogen-bond acceptors (Lipinski definition) is 3. The summed E-state index contributed by atoms with van der Waals surface area (Å²) in [4.78, 5) is 1.42. The maximum Gasteiger partial charge on any atom is 0.0468 e. The van der Waals surface area contributed by atoms with Gasteiger partial charge in [0.25, 0.3) is 0 Å². The SMILES string of the molecule is Cc1cc(C)c(C(CCc2cccs2)NN)c(C)c1. The predicted molar refractivity (Wildman–Crippen MR) is 83.4 cm³/mol. The first-order valence-corrected chi connectivity index (χ1v) is 7.56. The molecule has 2 rings (SSSR count). The lowest BCUT2D eigenvalue weighted by Crippen LogP contribution is -2.29. The first-order valence-electron chi connectivity index (χ1n) is 6.68. The number of hydrogen-bond donors (Lipinski definition) is 2. The van der Waals surface area contributed by atoms with E-state index in [1.807, 2.05) is 11.3 Å². The molecule has 102 valence electrons. The van der Waals surface area contributed by atoms with E-state index in [1.165, 1.54) is 27.1 Å². The molecule has 1 atom stereocenters. The predicted octanol–water partition coefficient (Wildman–Crippen LogP) is 3.81. The van der Waals surface area contributed by atoms with E-state index in [0.29, 0.717) is 0 Å². The van der Waals surface area contributed by atoms with Gasteiger partial charge in [-0.15, -0.1) is 11.3 Å². The zero-order valence-electron chi connectivity index (χ0n) is 11.9. The maximum atomic E-state index is 5.77. The number of hydrazine groups is 1. The first kappa shape index (κ1) is 14.3. The highest BCUT2D eigenvalue weighted by molar-refractivity contribution is 7.09. The highest BCUT2D eigenvalue weighted by Gasteiger charge is 2.15. The summed E-state index contributed by atoms with van der Waals surface area (Å²) in [7, 11) is 0. The topological polar surface area (TPSA) is 38.0 Å². The van der Waals surface area contributed by atoms with Crippen LogP contribution in [-0.2, 0) is 6.42 Å². The van der Waals surface area contributed by atoms with E-state index < -0.39 is 0 Å². The third-order valence-electron chi connectivity index (χ3n) is 3.55. The van der Waals surface area contributed by atoms with Crippen LogP contribution in [0.5, 0.6) is 0 Å². The van der Waals surface area contributed by atoms with E-state index >= 15 is 0 Å². The second kappa shape index (κ2) is 6.33. The molecule has 1 aromatic carbocycles. The standard InChI is InChI=1S/C16H22N2S/c1-11-9-12(2)16(13(3)10-11)15(18-17)7-6-14-5-4-8-19-14/h4-5,8-10,15,18H,6-7,17H2,1-3H3. The Morgan fingerprint density at radius 3 is 2.42 bits per heavy atom. The highest BCUT2D eigenvalue weighted by Crippen LogP contribution is 2.27. The van der Waals surface area contributed by atoms with Crippen molar-refractivity contribution in [3.05, 3.63) is 56.8 Å². The van der Waals surface area contributed by atoms with Crippen molar-refractivity contribution >= 4 is 11.3 Å². The average molecular weight is 274 g/mol. The van der Waals surface area contributed by atoms with Gasteiger partial charge >= 0.3 is 0 Å². The molecule has 0 aliphatic carbocycles. The van der Waals surface area contributed by atoms with Gasteiger partial charge in [-0.1, -0.05) is 23.8 Å². The van der Waals surface area contributed by atoms with Crippen molar-refractivity contribution < 1.29 is 0 Å². The van der Waals surface area contributed by atoms with Crippen LogP contribution >= 0.6 is 11.3 Å². The molecule has 0 spiro atoms. The lowest BCUT2D eigenvalue weighted by molar-refractivity contribution is 0.513. The maximum absolute atomic E-state index is 5.77. The Hall–Kier alpha value is -1.16. The van der Waals surface area contributed by atoms with Crippen molar-refractivity contribution in [3.63, 3.8) is 0 Å². The second-order valence-electron chi connectivity index (χ2n) is 5.15. The summed E-state index contributed by atoms with van der Waals surface area (Å²) in [5, 5.41) is 2.13. The fourth-order valence-electron chi connectivity index (χ4n) is 2.79. The molecule has 2 nitrogen and oxygen atoms in total. The summed E-state index contributed by atoms with van der Waals surface area (Å²) in [6.45, 7) is 6.48. The minimum absolute atomic E-state index is 0.225. The van der Waals surface area contributed by atoms with Crippen molar-refractivity contribution in [1.29, 1.82) is 0 Å². The van der Waals surface area contributed by atoms with Crippen LogP contribution in [0, 0.1) is 20.8 Å². The molecule has 1 aromatic heterocycles. The first-order chi connectivity index (χ1) is 9.11. The van der Waals surface area contributed by atoms with Gasteiger partial charge in [0.15, 0.2) is 0 Å². The van der Waals surface area contributed by atoms with E-state index in [4.69, 9.17) is 5.84 Å². The Labute approximate surface area is 119 Å². The Kier molecular flexibility index (Phi) is 4.75. The molecule has 0 amide bonds. The fraction of sp³-hybridized carbons (Fsp3) is 0.375. The molecular formula is C16H22N2S. The Balaban J connectivity index is 2.17. The Morgan fingerprint density at radius 2 is 1.89 bits per heavy atom. The largest absolute Gasteiger partial charge is 0.271 e. The summed E-state index contributed by atoms with van der Waals surface area (Å²) >= 11 is 1.81. The van der Waals surface area contributed by atoms with Crippen LogP contribution in [0.4, 0.5) is 0 Å². The number of benzene rings is 1. The van der Waals surface area contributed by atoms with Crippen LogP contribution in [-0.4, -0.2) is 0 Å². The average Bonchev–Trinajstić information content (AvgIpc) is 2.85. The van der Waals surface area contributed by atoms with Crippen molar-refractivity contribution in [2.75, 3.05) is 0 Å². The van der Waals surface area contributed by atoms with Gasteiger partial charge in [0.2, 0.25) is 0 Å². The smallest absolute Gasteiger partial charge is 0.0468 e. The minimum atomic E-state index is 0.225. The molecule has 2 aromatic rings. The molecular weight excluding hydrogens is 252 g/mol. The van der Waals surface area contributed by atoms with Crippen LogP contribution in [0.25, 0.3) is 0 Å². The normalized spacial score (nSPS) is 12.6. The molecule has 3 heteroatoms. The molecule has 1 unspecified atom stereocenters. The Morgan fingerprint density at radius 1 is 1.21 bits per heavy atom. The molecule has 0 fully saturated rings. The van der Waals surface area contributed by atoms with Gasteiger partial charge in [0.05, 0.1) is 0 Å². The van der Waals surface area contributed by atoms with Crippen LogP contribution in [0.1, 0.15) is 39.6 Å². The van der Waals surface area contributed by atoms with Gasteiger partial charge in [0.1, 0.15) is 0 Å². The van der Waals surface area contributed by atoms with E-state index in [0.717, 1.165) is 12.8 Å². The quantitative estimate of drug-likeness (QED) is 0.642. The third kappa shape index (κ3) is 3.44. The molecule has 0 saturated carbocycles. The summed E-state index contributed by atoms with van der Waals surface area (Å²) in [6.07, 6.45) is 2.10. The van der Waals surface area contributed by atoms with E-state index in [9.17, 15) is 0 Å². The molecule has 0 bridgehead atoms. The molecule has 0 saturated heterocycles. The molecule has 0 aliphatic rings. The fourth-order valence-corrected chi connectivity index (χ4v) is 3.52.